The van der Waals surface area contributed by atoms with Gasteiger partial charge < -0.3 is 0 Å². The molecule has 42 heavy (non-hydrogen) atoms. The molecule has 0 atom stereocenters. The summed E-state index contributed by atoms with van der Waals surface area (Å²) in [6.45, 7) is 0. The largest absolute Gasteiger partial charge is 0.261 e. The van der Waals surface area contributed by atoms with Crippen LogP contribution in [0.2, 0.25) is 0 Å². The minimum Gasteiger partial charge on any atom is -0.261 e. The van der Waals surface area contributed by atoms with E-state index in [4.69, 9.17) is 4.99 Å². The van der Waals surface area contributed by atoms with Gasteiger partial charge in [0.1, 0.15) is 0 Å². The van der Waals surface area contributed by atoms with Crippen LogP contribution in [0.5, 0.6) is 0 Å². The van der Waals surface area contributed by atoms with Crippen molar-refractivity contribution in [2.45, 2.75) is 12.8 Å². The first-order valence-electron chi connectivity index (χ1n) is 14.8. The molecule has 1 nitrogen and oxygen atoms in total. The first-order chi connectivity index (χ1) is 20.8. The summed E-state index contributed by atoms with van der Waals surface area (Å²) >= 11 is 0. The van der Waals surface area contributed by atoms with Gasteiger partial charge in [0, 0.05) is 6.21 Å². The van der Waals surface area contributed by atoms with E-state index in [9.17, 15) is 0 Å². The third kappa shape index (κ3) is 3.40. The van der Waals surface area contributed by atoms with Gasteiger partial charge in [0.15, 0.2) is 0 Å². The van der Waals surface area contributed by atoms with E-state index in [1.807, 2.05) is 0 Å². The van der Waals surface area contributed by atoms with E-state index in [0.29, 0.717) is 0 Å². The van der Waals surface area contributed by atoms with Gasteiger partial charge in [-0.25, -0.2) is 0 Å². The fourth-order valence-corrected chi connectivity index (χ4v) is 7.24. The first kappa shape index (κ1) is 23.4. The molecule has 2 aliphatic rings. The highest BCUT2D eigenvalue weighted by Crippen LogP contribution is 2.58. The molecular weight excluding hydrogens is 506 g/mol. The Morgan fingerprint density at radius 1 is 0.452 bits per heavy atom. The topological polar surface area (TPSA) is 12.4 Å². The molecule has 0 unspecified atom stereocenters. The van der Waals surface area contributed by atoms with Gasteiger partial charge in [-0.1, -0.05) is 115 Å². The Kier molecular flexibility index (Phi) is 5.09. The summed E-state index contributed by atoms with van der Waals surface area (Å²) in [7, 11) is 0. The number of aryl methyl sites for hydroxylation is 1. The number of rotatable bonds is 3. The van der Waals surface area contributed by atoms with Crippen molar-refractivity contribution in [3.63, 3.8) is 0 Å². The van der Waals surface area contributed by atoms with Crippen molar-refractivity contribution in [3.05, 3.63) is 139 Å². The second kappa shape index (κ2) is 9.12. The smallest absolute Gasteiger partial charge is 0.0663 e. The molecule has 0 fully saturated rings. The predicted octanol–water partition coefficient (Wildman–Crippen LogP) is 11.3. The van der Waals surface area contributed by atoms with E-state index in [0.717, 1.165) is 18.5 Å². The summed E-state index contributed by atoms with van der Waals surface area (Å²) in [4.78, 5) is 4.74. The minimum absolute atomic E-state index is 1.02. The van der Waals surface area contributed by atoms with Crippen LogP contribution in [0, 0.1) is 0 Å². The molecular formula is C41H27N. The fraction of sp³-hybridized carbons (Fsp3) is 0.0488. The van der Waals surface area contributed by atoms with Gasteiger partial charge >= 0.3 is 0 Å². The van der Waals surface area contributed by atoms with Gasteiger partial charge in [0.25, 0.3) is 0 Å². The monoisotopic (exact) mass is 533 g/mol. The second-order valence-electron chi connectivity index (χ2n) is 11.4. The predicted molar refractivity (Wildman–Crippen MR) is 179 cm³/mol. The molecule has 0 aromatic heterocycles. The zero-order valence-corrected chi connectivity index (χ0v) is 23.1. The van der Waals surface area contributed by atoms with Crippen molar-refractivity contribution in [2.75, 3.05) is 0 Å². The van der Waals surface area contributed by atoms with Crippen LogP contribution in [-0.4, -0.2) is 6.21 Å². The van der Waals surface area contributed by atoms with Crippen molar-refractivity contribution < 1.29 is 0 Å². The van der Waals surface area contributed by atoms with Crippen molar-refractivity contribution in [1.82, 2.24) is 0 Å². The number of nitrogens with zero attached hydrogens (tertiary/aromatic N) is 1. The average Bonchev–Trinajstić information content (AvgIpc) is 3.39. The number of benzene rings is 7. The van der Waals surface area contributed by atoms with Crippen LogP contribution in [-0.2, 0) is 6.42 Å². The Labute approximate surface area is 245 Å². The summed E-state index contributed by atoms with van der Waals surface area (Å²) in [5.41, 5.74) is 15.3. The Hall–Kier alpha value is -5.27. The molecule has 0 radical (unpaired) electrons. The molecule has 0 saturated heterocycles. The van der Waals surface area contributed by atoms with Gasteiger partial charge in [-0.05, 0) is 114 Å². The molecule has 1 aliphatic carbocycles. The van der Waals surface area contributed by atoms with Crippen LogP contribution in [0.25, 0.3) is 77.2 Å². The van der Waals surface area contributed by atoms with Crippen LogP contribution in [0.1, 0.15) is 12.0 Å². The maximum atomic E-state index is 4.74. The molecule has 0 bridgehead atoms. The number of fused-ring (bicyclic) bond motifs is 5. The number of hydrogen-bond acceptors (Lipinski definition) is 1. The second-order valence-corrected chi connectivity index (χ2v) is 11.4. The van der Waals surface area contributed by atoms with Crippen LogP contribution >= 0.6 is 0 Å². The average molecular weight is 534 g/mol. The van der Waals surface area contributed by atoms with E-state index < -0.39 is 0 Å². The molecule has 0 spiro atoms. The third-order valence-electron chi connectivity index (χ3n) is 9.05. The van der Waals surface area contributed by atoms with Gasteiger partial charge in [-0.2, -0.15) is 0 Å². The van der Waals surface area contributed by atoms with E-state index in [1.54, 1.807) is 0 Å². The highest BCUT2D eigenvalue weighted by atomic mass is 14.7. The Balaban J connectivity index is 1.43. The molecule has 1 heterocycles. The van der Waals surface area contributed by atoms with Crippen LogP contribution in [0.3, 0.4) is 0 Å². The lowest BCUT2D eigenvalue weighted by molar-refractivity contribution is 1.03. The summed E-state index contributed by atoms with van der Waals surface area (Å²) in [6.07, 6.45) is 4.14. The van der Waals surface area contributed by atoms with Gasteiger partial charge in [-0.3, -0.25) is 4.99 Å². The van der Waals surface area contributed by atoms with Gasteiger partial charge in [0.2, 0.25) is 0 Å². The quantitative estimate of drug-likeness (QED) is 0.214. The molecule has 196 valence electrons. The Morgan fingerprint density at radius 2 is 1.12 bits per heavy atom. The van der Waals surface area contributed by atoms with Crippen LogP contribution in [0.4, 0.5) is 5.69 Å². The summed E-state index contributed by atoms with van der Waals surface area (Å²) in [5.74, 6) is 0. The van der Waals surface area contributed by atoms with Crippen LogP contribution < -0.4 is 0 Å². The maximum Gasteiger partial charge on any atom is 0.0663 e. The molecule has 1 aliphatic heterocycles. The normalized spacial score (nSPS) is 13.0. The molecule has 9 rings (SSSR count). The van der Waals surface area contributed by atoms with Crippen molar-refractivity contribution >= 4 is 33.4 Å². The number of aliphatic imine (C=N–C) groups is 1. The molecule has 0 amide bonds. The lowest BCUT2D eigenvalue weighted by atomic mass is 9.82. The Bertz CT molecular complexity index is 2220. The lowest BCUT2D eigenvalue weighted by Crippen LogP contribution is -1.94. The molecule has 7 aromatic carbocycles. The van der Waals surface area contributed by atoms with Crippen molar-refractivity contribution in [3.8, 4) is 55.6 Å². The van der Waals surface area contributed by atoms with Crippen molar-refractivity contribution in [1.29, 1.82) is 0 Å². The Morgan fingerprint density at radius 3 is 1.83 bits per heavy atom. The summed E-state index contributed by atoms with van der Waals surface area (Å²) in [5, 5.41) is 5.20. The van der Waals surface area contributed by atoms with E-state index in [1.165, 1.54) is 82.7 Å². The fourth-order valence-electron chi connectivity index (χ4n) is 7.24. The molecule has 0 N–H and O–H groups in total. The number of hydrogen-bond donors (Lipinski definition) is 0. The third-order valence-corrected chi connectivity index (χ3v) is 9.05. The van der Waals surface area contributed by atoms with Gasteiger partial charge in [-0.15, -0.1) is 0 Å². The summed E-state index contributed by atoms with van der Waals surface area (Å²) < 4.78 is 0. The molecule has 1 heteroatoms. The minimum atomic E-state index is 1.02. The van der Waals surface area contributed by atoms with Crippen LogP contribution in [0.15, 0.2) is 138 Å². The molecule has 0 saturated carbocycles. The highest BCUT2D eigenvalue weighted by Gasteiger charge is 2.30. The maximum absolute atomic E-state index is 4.74. The van der Waals surface area contributed by atoms with Gasteiger partial charge in [0.05, 0.1) is 5.69 Å². The van der Waals surface area contributed by atoms with E-state index >= 15 is 0 Å². The highest BCUT2D eigenvalue weighted by molar-refractivity contribution is 6.28. The standard InChI is InChI=1S/C41H27N/c1-3-11-27(12-4-1)38-32-17-7-8-18-33(32)39(28-13-5-2-6-14-28)41-35-24-31(23-30-15-9-19-34(37(30)35)40(38)41)29-21-20-26-16-10-22-42-36(26)25-29/h1-9,11-15,17-25H,10,16H2. The lowest BCUT2D eigenvalue weighted by Gasteiger charge is -2.20. The van der Waals surface area contributed by atoms with E-state index in [-0.39, 0.29) is 0 Å². The van der Waals surface area contributed by atoms with Crippen molar-refractivity contribution in [2.24, 2.45) is 4.99 Å². The summed E-state index contributed by atoms with van der Waals surface area (Å²) in [6, 6.07) is 49.3. The molecule has 7 aromatic rings. The SMILES string of the molecule is C1=Nc2cc(-c3cc4c5c(cccc5c3)-c3c-4c(-c4ccccc4)c4ccccc4c3-c3ccccc3)ccc2CC1. The zero-order valence-electron chi connectivity index (χ0n) is 23.1. The zero-order chi connectivity index (χ0) is 27.6. The van der Waals surface area contributed by atoms with E-state index in [2.05, 4.69) is 140 Å². The first-order valence-corrected chi connectivity index (χ1v) is 14.8.